The van der Waals surface area contributed by atoms with Crippen molar-refractivity contribution in [1.29, 1.82) is 0 Å². The van der Waals surface area contributed by atoms with E-state index >= 15 is 0 Å². The van der Waals surface area contributed by atoms with Crippen LogP contribution in [0.2, 0.25) is 0 Å². The van der Waals surface area contributed by atoms with Crippen molar-refractivity contribution >= 4 is 27.5 Å². The quantitative estimate of drug-likeness (QED) is 0.944. The van der Waals surface area contributed by atoms with E-state index in [0.717, 1.165) is 22.0 Å². The molecule has 0 amide bonds. The molecule has 0 saturated heterocycles. The fourth-order valence-electron chi connectivity index (χ4n) is 2.71. The Morgan fingerprint density at radius 1 is 1.44 bits per heavy atom. The molecule has 0 aliphatic heterocycles. The lowest BCUT2D eigenvalue weighted by Gasteiger charge is -2.18. The van der Waals surface area contributed by atoms with Gasteiger partial charge in [0.15, 0.2) is 5.65 Å². The summed E-state index contributed by atoms with van der Waals surface area (Å²) in [7, 11) is 0. The Balaban J connectivity index is 1.80. The second kappa shape index (κ2) is 4.88. The molecule has 1 unspecified atom stereocenters. The molecule has 0 spiro atoms. The summed E-state index contributed by atoms with van der Waals surface area (Å²) in [5.41, 5.74) is 0.860. The van der Waals surface area contributed by atoms with E-state index in [1.165, 1.54) is 25.7 Å². The van der Waals surface area contributed by atoms with E-state index < -0.39 is 0 Å². The highest BCUT2D eigenvalue weighted by atomic mass is 79.9. The number of rotatable bonds is 3. The fourth-order valence-corrected chi connectivity index (χ4v) is 3.14. The Morgan fingerprint density at radius 3 is 2.94 bits per heavy atom. The molecule has 2 heterocycles. The number of hydrogen-bond acceptors (Lipinski definition) is 3. The van der Waals surface area contributed by atoms with Gasteiger partial charge in [-0.3, -0.25) is 0 Å². The van der Waals surface area contributed by atoms with Gasteiger partial charge in [-0.05, 0) is 53.7 Å². The molecule has 4 nitrogen and oxygen atoms in total. The summed E-state index contributed by atoms with van der Waals surface area (Å²) in [5, 5.41) is 7.89. The van der Waals surface area contributed by atoms with Crippen molar-refractivity contribution in [2.45, 2.75) is 38.6 Å². The zero-order valence-corrected chi connectivity index (χ0v) is 12.0. The van der Waals surface area contributed by atoms with E-state index in [4.69, 9.17) is 0 Å². The van der Waals surface area contributed by atoms with Crippen molar-refractivity contribution in [1.82, 2.24) is 14.6 Å². The lowest BCUT2D eigenvalue weighted by molar-refractivity contribution is 0.480. The smallest absolute Gasteiger partial charge is 0.243 e. The third kappa shape index (κ3) is 2.23. The van der Waals surface area contributed by atoms with Gasteiger partial charge in [-0.2, -0.15) is 4.98 Å². The van der Waals surface area contributed by atoms with Crippen LogP contribution in [0.25, 0.3) is 5.65 Å². The second-order valence-corrected chi connectivity index (χ2v) is 5.89. The normalized spacial score (nSPS) is 18.3. The molecule has 96 valence electrons. The summed E-state index contributed by atoms with van der Waals surface area (Å²) >= 11 is 3.49. The number of pyridine rings is 1. The highest BCUT2D eigenvalue weighted by Gasteiger charge is 2.22. The molecule has 1 aliphatic rings. The molecule has 18 heavy (non-hydrogen) atoms. The first-order chi connectivity index (χ1) is 8.74. The van der Waals surface area contributed by atoms with Gasteiger partial charge in [-0.15, -0.1) is 5.10 Å². The first-order valence-electron chi connectivity index (χ1n) is 6.51. The monoisotopic (exact) mass is 308 g/mol. The maximum absolute atomic E-state index is 4.52. The molecule has 5 heteroatoms. The van der Waals surface area contributed by atoms with Crippen LogP contribution in [0.4, 0.5) is 5.95 Å². The number of nitrogens with zero attached hydrogens (tertiary/aromatic N) is 3. The number of fused-ring (bicyclic) bond motifs is 1. The van der Waals surface area contributed by atoms with Crippen LogP contribution >= 0.6 is 15.9 Å². The Kier molecular flexibility index (Phi) is 3.24. The van der Waals surface area contributed by atoms with E-state index in [1.807, 2.05) is 18.3 Å². The molecule has 1 fully saturated rings. The maximum Gasteiger partial charge on any atom is 0.243 e. The molecule has 2 aromatic rings. The van der Waals surface area contributed by atoms with Crippen molar-refractivity contribution in [3.05, 3.63) is 22.8 Å². The lowest BCUT2D eigenvalue weighted by atomic mass is 10.0. The minimum absolute atomic E-state index is 0.448. The zero-order valence-electron chi connectivity index (χ0n) is 10.4. The minimum Gasteiger partial charge on any atom is -0.350 e. The molecular formula is C13H17BrN4. The third-order valence-electron chi connectivity index (χ3n) is 3.78. The van der Waals surface area contributed by atoms with Crippen LogP contribution in [0, 0.1) is 5.92 Å². The van der Waals surface area contributed by atoms with Gasteiger partial charge in [0.2, 0.25) is 5.95 Å². The van der Waals surface area contributed by atoms with E-state index in [-0.39, 0.29) is 0 Å². The van der Waals surface area contributed by atoms with E-state index in [2.05, 4.69) is 38.3 Å². The summed E-state index contributed by atoms with van der Waals surface area (Å²) in [6.45, 7) is 2.23. The van der Waals surface area contributed by atoms with E-state index in [9.17, 15) is 0 Å². The molecule has 1 N–H and O–H groups in total. The Bertz CT molecular complexity index is 545. The van der Waals surface area contributed by atoms with Crippen LogP contribution in [-0.2, 0) is 0 Å². The van der Waals surface area contributed by atoms with Gasteiger partial charge in [-0.1, -0.05) is 12.8 Å². The fraction of sp³-hybridized carbons (Fsp3) is 0.538. The van der Waals surface area contributed by atoms with Gasteiger partial charge in [0, 0.05) is 12.2 Å². The molecule has 0 aromatic carbocycles. The molecule has 0 radical (unpaired) electrons. The summed E-state index contributed by atoms with van der Waals surface area (Å²) in [6.07, 6.45) is 7.29. The lowest BCUT2D eigenvalue weighted by Crippen LogP contribution is -2.24. The van der Waals surface area contributed by atoms with Gasteiger partial charge in [0.1, 0.15) is 0 Å². The SMILES string of the molecule is CC(Nc1nc2c(Br)cccn2n1)C1CCCC1. The first-order valence-corrected chi connectivity index (χ1v) is 7.31. The van der Waals surface area contributed by atoms with E-state index in [0.29, 0.717) is 6.04 Å². The van der Waals surface area contributed by atoms with Gasteiger partial charge < -0.3 is 5.32 Å². The van der Waals surface area contributed by atoms with Crippen molar-refractivity contribution in [2.24, 2.45) is 5.92 Å². The van der Waals surface area contributed by atoms with Crippen LogP contribution in [0.15, 0.2) is 22.8 Å². The standard InChI is InChI=1S/C13H17BrN4/c1-9(10-5-2-3-6-10)15-13-16-12-11(14)7-4-8-18(12)17-13/h4,7-10H,2-3,5-6H2,1H3,(H,15,17). The van der Waals surface area contributed by atoms with Crippen molar-refractivity contribution in [2.75, 3.05) is 5.32 Å². The number of aromatic nitrogens is 3. The summed E-state index contributed by atoms with van der Waals surface area (Å²) in [6, 6.07) is 4.38. The van der Waals surface area contributed by atoms with Crippen molar-refractivity contribution in [3.8, 4) is 0 Å². The molecule has 3 rings (SSSR count). The largest absolute Gasteiger partial charge is 0.350 e. The first kappa shape index (κ1) is 12.0. The molecular weight excluding hydrogens is 292 g/mol. The minimum atomic E-state index is 0.448. The average Bonchev–Trinajstić information content (AvgIpc) is 2.97. The van der Waals surface area contributed by atoms with Crippen LogP contribution in [-0.4, -0.2) is 20.6 Å². The summed E-state index contributed by atoms with van der Waals surface area (Å²) in [5.74, 6) is 1.49. The molecule has 1 saturated carbocycles. The van der Waals surface area contributed by atoms with Crippen LogP contribution < -0.4 is 5.32 Å². The van der Waals surface area contributed by atoms with Crippen LogP contribution in [0.1, 0.15) is 32.6 Å². The summed E-state index contributed by atoms with van der Waals surface area (Å²) in [4.78, 5) is 4.52. The van der Waals surface area contributed by atoms with Crippen LogP contribution in [0.3, 0.4) is 0 Å². The maximum atomic E-state index is 4.52. The van der Waals surface area contributed by atoms with Gasteiger partial charge in [0.25, 0.3) is 0 Å². The molecule has 1 aliphatic carbocycles. The van der Waals surface area contributed by atoms with Crippen LogP contribution in [0.5, 0.6) is 0 Å². The number of halogens is 1. The topological polar surface area (TPSA) is 42.2 Å². The number of hydrogen-bond donors (Lipinski definition) is 1. The predicted molar refractivity (Wildman–Crippen MR) is 75.7 cm³/mol. The Labute approximate surface area is 115 Å². The second-order valence-electron chi connectivity index (χ2n) is 5.04. The predicted octanol–water partition coefficient (Wildman–Crippen LogP) is 3.48. The highest BCUT2D eigenvalue weighted by Crippen LogP contribution is 2.29. The average molecular weight is 309 g/mol. The van der Waals surface area contributed by atoms with Crippen molar-refractivity contribution < 1.29 is 0 Å². The molecule has 2 aromatic heterocycles. The number of anilines is 1. The Hall–Kier alpha value is -1.10. The van der Waals surface area contributed by atoms with Gasteiger partial charge >= 0.3 is 0 Å². The summed E-state index contributed by atoms with van der Waals surface area (Å²) < 4.78 is 2.77. The molecule has 1 atom stereocenters. The van der Waals surface area contributed by atoms with Gasteiger partial charge in [-0.25, -0.2) is 4.52 Å². The molecule has 0 bridgehead atoms. The van der Waals surface area contributed by atoms with Gasteiger partial charge in [0.05, 0.1) is 4.47 Å². The van der Waals surface area contributed by atoms with Crippen molar-refractivity contribution in [3.63, 3.8) is 0 Å². The van der Waals surface area contributed by atoms with E-state index in [1.54, 1.807) is 4.52 Å². The highest BCUT2D eigenvalue weighted by molar-refractivity contribution is 9.10. The third-order valence-corrected chi connectivity index (χ3v) is 4.40. The Morgan fingerprint density at radius 2 is 2.22 bits per heavy atom. The number of nitrogens with one attached hydrogen (secondary N) is 1. The zero-order chi connectivity index (χ0) is 12.5.